The van der Waals surface area contributed by atoms with Gasteiger partial charge in [-0.1, -0.05) is 40.0 Å². The van der Waals surface area contributed by atoms with Gasteiger partial charge in [0.1, 0.15) is 5.76 Å². The van der Waals surface area contributed by atoms with Crippen molar-refractivity contribution in [2.75, 3.05) is 0 Å². The highest BCUT2D eigenvalue weighted by molar-refractivity contribution is 5.76. The third-order valence-electron chi connectivity index (χ3n) is 3.37. The average Bonchev–Trinajstić information content (AvgIpc) is 2.34. The predicted octanol–water partition coefficient (Wildman–Crippen LogP) is 5.23. The van der Waals surface area contributed by atoms with Crippen LogP contribution in [0.4, 0.5) is 0 Å². The minimum atomic E-state index is -0.379. The second-order valence-electron chi connectivity index (χ2n) is 5.52. The van der Waals surface area contributed by atoms with E-state index >= 15 is 0 Å². The topological polar surface area (TPSA) is 26.3 Å². The molecule has 0 aromatic rings. The zero-order chi connectivity index (χ0) is 14.0. The van der Waals surface area contributed by atoms with Crippen LogP contribution < -0.4 is 0 Å². The van der Waals surface area contributed by atoms with Gasteiger partial charge in [-0.05, 0) is 39.2 Å². The molecule has 0 aliphatic rings. The lowest BCUT2D eigenvalue weighted by Crippen LogP contribution is -2.25. The molecule has 0 aliphatic carbocycles. The number of unbranched alkanes of at least 4 members (excludes halogenated alkanes) is 3. The van der Waals surface area contributed by atoms with E-state index in [1.165, 1.54) is 19.3 Å². The van der Waals surface area contributed by atoms with Gasteiger partial charge in [0.2, 0.25) is 0 Å². The number of carbonyl (C=O) groups is 1. The Morgan fingerprint density at radius 2 is 1.78 bits per heavy atom. The average molecular weight is 254 g/mol. The van der Waals surface area contributed by atoms with Gasteiger partial charge in [0, 0.05) is 6.42 Å². The fourth-order valence-electron chi connectivity index (χ4n) is 1.55. The molecule has 0 amide bonds. The molecule has 0 atom stereocenters. The van der Waals surface area contributed by atoms with Crippen LogP contribution in [0, 0.1) is 5.41 Å². The molecule has 0 saturated heterocycles. The Morgan fingerprint density at radius 3 is 2.28 bits per heavy atom. The summed E-state index contributed by atoms with van der Waals surface area (Å²) in [6.45, 7) is 10.2. The first-order chi connectivity index (χ1) is 8.47. The van der Waals surface area contributed by atoms with Gasteiger partial charge in [0.25, 0.3) is 0 Å². The summed E-state index contributed by atoms with van der Waals surface area (Å²) in [6.07, 6.45) is 9.47. The number of ether oxygens (including phenoxy) is 1. The van der Waals surface area contributed by atoms with Crippen LogP contribution in [0.25, 0.3) is 0 Å². The van der Waals surface area contributed by atoms with Gasteiger partial charge >= 0.3 is 5.97 Å². The maximum Gasteiger partial charge on any atom is 0.316 e. The zero-order valence-electron chi connectivity index (χ0n) is 12.8. The molecule has 0 unspecified atom stereocenters. The Hall–Kier alpha value is -0.790. The van der Waals surface area contributed by atoms with Gasteiger partial charge in [-0.25, -0.2) is 0 Å². The number of hydrogen-bond acceptors (Lipinski definition) is 2. The second kappa shape index (κ2) is 9.18. The first-order valence-corrected chi connectivity index (χ1v) is 7.39. The minimum absolute atomic E-state index is 0.0970. The molecule has 0 aromatic carbocycles. The zero-order valence-corrected chi connectivity index (χ0v) is 12.8. The molecule has 0 rings (SSSR count). The van der Waals surface area contributed by atoms with Crippen LogP contribution in [0.1, 0.15) is 79.6 Å². The number of esters is 1. The monoisotopic (exact) mass is 254 g/mol. The Balaban J connectivity index is 4.28. The van der Waals surface area contributed by atoms with E-state index < -0.39 is 0 Å². The van der Waals surface area contributed by atoms with Crippen LogP contribution >= 0.6 is 0 Å². The Kier molecular flexibility index (Phi) is 8.78. The van der Waals surface area contributed by atoms with E-state index in [9.17, 15) is 4.79 Å². The van der Waals surface area contributed by atoms with Crippen molar-refractivity contribution in [2.45, 2.75) is 79.6 Å². The highest BCUT2D eigenvalue weighted by Gasteiger charge is 2.27. The van der Waals surface area contributed by atoms with Crippen LogP contribution in [0.3, 0.4) is 0 Å². The van der Waals surface area contributed by atoms with E-state index in [0.717, 1.165) is 31.4 Å². The molecular formula is C16H30O2. The Morgan fingerprint density at radius 1 is 1.11 bits per heavy atom. The lowest BCUT2D eigenvalue weighted by molar-refractivity contribution is -0.149. The summed E-state index contributed by atoms with van der Waals surface area (Å²) in [4.78, 5) is 12.0. The molecule has 0 aliphatic heterocycles. The molecule has 106 valence electrons. The van der Waals surface area contributed by atoms with Gasteiger partial charge < -0.3 is 4.74 Å². The van der Waals surface area contributed by atoms with Gasteiger partial charge in [-0.3, -0.25) is 4.79 Å². The first-order valence-electron chi connectivity index (χ1n) is 7.39. The molecule has 0 spiro atoms. The van der Waals surface area contributed by atoms with Crippen molar-refractivity contribution in [2.24, 2.45) is 5.41 Å². The highest BCUT2D eigenvalue weighted by atomic mass is 16.5. The third kappa shape index (κ3) is 6.83. The quantitative estimate of drug-likeness (QED) is 0.320. The van der Waals surface area contributed by atoms with Crippen molar-refractivity contribution in [1.82, 2.24) is 0 Å². The van der Waals surface area contributed by atoms with E-state index in [-0.39, 0.29) is 11.4 Å². The van der Waals surface area contributed by atoms with E-state index in [1.807, 2.05) is 26.8 Å². The van der Waals surface area contributed by atoms with Crippen molar-refractivity contribution >= 4 is 5.97 Å². The largest absolute Gasteiger partial charge is 0.431 e. The van der Waals surface area contributed by atoms with Gasteiger partial charge in [0.05, 0.1) is 5.41 Å². The molecular weight excluding hydrogens is 224 g/mol. The SMILES string of the molecule is CCC=C(CCCCCC)OC(=O)C(C)(C)CC. The summed E-state index contributed by atoms with van der Waals surface area (Å²) in [5.74, 6) is 0.764. The van der Waals surface area contributed by atoms with Gasteiger partial charge in [0.15, 0.2) is 0 Å². The first kappa shape index (κ1) is 17.2. The number of allylic oxidation sites excluding steroid dienone is 2. The van der Waals surface area contributed by atoms with E-state index in [4.69, 9.17) is 4.74 Å². The number of hydrogen-bond donors (Lipinski definition) is 0. The van der Waals surface area contributed by atoms with E-state index in [0.29, 0.717) is 0 Å². The van der Waals surface area contributed by atoms with Crippen molar-refractivity contribution in [3.63, 3.8) is 0 Å². The second-order valence-corrected chi connectivity index (χ2v) is 5.52. The number of carbonyl (C=O) groups excluding carboxylic acids is 1. The maximum absolute atomic E-state index is 12.0. The van der Waals surface area contributed by atoms with Crippen LogP contribution in [0.15, 0.2) is 11.8 Å². The summed E-state index contributed by atoms with van der Waals surface area (Å²) >= 11 is 0. The lowest BCUT2D eigenvalue weighted by Gasteiger charge is -2.21. The minimum Gasteiger partial charge on any atom is -0.431 e. The molecule has 2 nitrogen and oxygen atoms in total. The Bertz CT molecular complexity index is 264. The molecule has 2 heteroatoms. The summed E-state index contributed by atoms with van der Waals surface area (Å²) in [7, 11) is 0. The molecule has 0 heterocycles. The van der Waals surface area contributed by atoms with Gasteiger partial charge in [-0.2, -0.15) is 0 Å². The van der Waals surface area contributed by atoms with Crippen molar-refractivity contribution in [1.29, 1.82) is 0 Å². The summed E-state index contributed by atoms with van der Waals surface area (Å²) in [6, 6.07) is 0. The van der Waals surface area contributed by atoms with Crippen LogP contribution in [-0.4, -0.2) is 5.97 Å². The van der Waals surface area contributed by atoms with Crippen molar-refractivity contribution in [3.8, 4) is 0 Å². The molecule has 0 N–H and O–H groups in total. The fourth-order valence-corrected chi connectivity index (χ4v) is 1.55. The van der Waals surface area contributed by atoms with Crippen molar-refractivity contribution < 1.29 is 9.53 Å². The van der Waals surface area contributed by atoms with Crippen LogP contribution in [0.2, 0.25) is 0 Å². The standard InChI is InChI=1S/C16H30O2/c1-6-9-10-11-13-14(12-7-2)18-15(17)16(4,5)8-3/h12H,6-11,13H2,1-5H3. The van der Waals surface area contributed by atoms with E-state index in [1.54, 1.807) is 0 Å². The maximum atomic E-state index is 12.0. The van der Waals surface area contributed by atoms with Gasteiger partial charge in [-0.15, -0.1) is 0 Å². The van der Waals surface area contributed by atoms with Crippen LogP contribution in [-0.2, 0) is 9.53 Å². The smallest absolute Gasteiger partial charge is 0.316 e. The highest BCUT2D eigenvalue weighted by Crippen LogP contribution is 2.24. The molecule has 0 fully saturated rings. The molecule has 0 radical (unpaired) electrons. The Labute approximate surface area is 113 Å². The summed E-state index contributed by atoms with van der Waals surface area (Å²) in [5, 5.41) is 0. The summed E-state index contributed by atoms with van der Waals surface area (Å²) in [5.41, 5.74) is -0.379. The molecule has 0 aromatic heterocycles. The molecule has 18 heavy (non-hydrogen) atoms. The number of rotatable bonds is 9. The lowest BCUT2D eigenvalue weighted by atomic mass is 9.90. The fraction of sp³-hybridized carbons (Fsp3) is 0.812. The van der Waals surface area contributed by atoms with Crippen LogP contribution in [0.5, 0.6) is 0 Å². The van der Waals surface area contributed by atoms with Crippen molar-refractivity contribution in [3.05, 3.63) is 11.8 Å². The molecule has 0 bridgehead atoms. The molecule has 0 saturated carbocycles. The predicted molar refractivity (Wildman–Crippen MR) is 77.3 cm³/mol. The summed E-state index contributed by atoms with van der Waals surface area (Å²) < 4.78 is 5.55. The van der Waals surface area contributed by atoms with E-state index in [2.05, 4.69) is 13.8 Å². The normalized spacial score (nSPS) is 12.6. The third-order valence-corrected chi connectivity index (χ3v) is 3.37.